The molecule has 2 aliphatic heterocycles. The minimum absolute atomic E-state index is 0.0776. The lowest BCUT2D eigenvalue weighted by molar-refractivity contribution is 0.0136. The summed E-state index contributed by atoms with van der Waals surface area (Å²) in [5.74, 6) is 4.01. The van der Waals surface area contributed by atoms with Crippen molar-refractivity contribution in [3.8, 4) is 5.75 Å². The topological polar surface area (TPSA) is 64.3 Å². The number of benzene rings is 1. The molecule has 1 aliphatic carbocycles. The molecule has 30 heavy (non-hydrogen) atoms. The van der Waals surface area contributed by atoms with Crippen LogP contribution in [0.2, 0.25) is 0 Å². The number of nitrogens with zero attached hydrogens (tertiary/aromatic N) is 3. The summed E-state index contributed by atoms with van der Waals surface area (Å²) in [6.45, 7) is 4.51. The zero-order chi connectivity index (χ0) is 20.7. The van der Waals surface area contributed by atoms with Crippen LogP contribution in [0.4, 0.5) is 5.82 Å². The minimum Gasteiger partial charge on any atom is -0.485 e. The van der Waals surface area contributed by atoms with Gasteiger partial charge in [0.05, 0.1) is 18.4 Å². The van der Waals surface area contributed by atoms with E-state index >= 15 is 0 Å². The third-order valence-corrected chi connectivity index (χ3v) is 8.21. The molecule has 2 N–H and O–H groups in total. The summed E-state index contributed by atoms with van der Waals surface area (Å²) in [7, 11) is 0. The lowest BCUT2D eigenvalue weighted by Gasteiger charge is -2.50. The van der Waals surface area contributed by atoms with Crippen molar-refractivity contribution in [1.29, 1.82) is 0 Å². The van der Waals surface area contributed by atoms with Crippen molar-refractivity contribution in [2.45, 2.75) is 81.1 Å². The fourth-order valence-electron chi connectivity index (χ4n) is 5.17. The Kier molecular flexibility index (Phi) is 5.40. The summed E-state index contributed by atoms with van der Waals surface area (Å²) in [5.41, 5.74) is 7.60. The molecule has 1 spiro atoms. The van der Waals surface area contributed by atoms with Gasteiger partial charge in [-0.1, -0.05) is 32.0 Å². The van der Waals surface area contributed by atoms with E-state index in [4.69, 9.17) is 20.4 Å². The Labute approximate surface area is 183 Å². The highest BCUT2D eigenvalue weighted by molar-refractivity contribution is 7.99. The van der Waals surface area contributed by atoms with Crippen molar-refractivity contribution in [3.05, 3.63) is 42.2 Å². The predicted molar refractivity (Wildman–Crippen MR) is 122 cm³/mol. The van der Waals surface area contributed by atoms with Gasteiger partial charge in [-0.05, 0) is 37.7 Å². The second-order valence-electron chi connectivity index (χ2n) is 9.09. The Bertz CT molecular complexity index is 871. The minimum atomic E-state index is -0.324. The lowest BCUT2D eigenvalue weighted by atomic mass is 9.75. The van der Waals surface area contributed by atoms with Gasteiger partial charge in [0.15, 0.2) is 0 Å². The maximum atomic E-state index is 6.78. The summed E-state index contributed by atoms with van der Waals surface area (Å²) in [6, 6.07) is 8.86. The van der Waals surface area contributed by atoms with Crippen molar-refractivity contribution in [1.82, 2.24) is 9.97 Å². The van der Waals surface area contributed by atoms with Gasteiger partial charge in [-0.25, -0.2) is 9.97 Å². The molecule has 0 radical (unpaired) electrons. The van der Waals surface area contributed by atoms with E-state index < -0.39 is 0 Å². The van der Waals surface area contributed by atoms with Crippen molar-refractivity contribution >= 4 is 17.6 Å². The number of piperidine rings is 1. The molecule has 6 heteroatoms. The van der Waals surface area contributed by atoms with Crippen LogP contribution < -0.4 is 15.4 Å². The summed E-state index contributed by atoms with van der Waals surface area (Å²) in [6.07, 6.45) is 10.6. The molecule has 2 aromatic rings. The van der Waals surface area contributed by atoms with Gasteiger partial charge in [0, 0.05) is 36.2 Å². The van der Waals surface area contributed by atoms with Crippen LogP contribution in [0, 0.1) is 5.92 Å². The number of ether oxygens (including phenoxy) is 1. The lowest BCUT2D eigenvalue weighted by Crippen LogP contribution is -2.60. The average Bonchev–Trinajstić information content (AvgIpc) is 3.58. The molecule has 5 rings (SSSR count). The molecule has 1 aromatic carbocycles. The Balaban J connectivity index is 1.38. The van der Waals surface area contributed by atoms with Crippen LogP contribution in [-0.2, 0) is 0 Å². The quantitative estimate of drug-likeness (QED) is 0.661. The SMILES string of the molecule is CC[C@@H]1CC2(C[C@H](CC)N1c1cnc(SCC3CC3)cn1)Oc1ccccc1[C@H]2N. The number of rotatable bonds is 6. The van der Waals surface area contributed by atoms with E-state index in [1.165, 1.54) is 18.6 Å². The van der Waals surface area contributed by atoms with Gasteiger partial charge in [0.1, 0.15) is 22.2 Å². The third-order valence-electron chi connectivity index (χ3n) is 7.07. The van der Waals surface area contributed by atoms with Crippen LogP contribution in [0.1, 0.15) is 64.0 Å². The molecule has 160 valence electrons. The Hall–Kier alpha value is -1.79. The van der Waals surface area contributed by atoms with Crippen LogP contribution in [0.3, 0.4) is 0 Å². The average molecular weight is 425 g/mol. The first kappa shape index (κ1) is 20.1. The number of anilines is 1. The number of para-hydroxylation sites is 1. The molecule has 3 heterocycles. The van der Waals surface area contributed by atoms with Gasteiger partial charge >= 0.3 is 0 Å². The van der Waals surface area contributed by atoms with Crippen LogP contribution in [0.15, 0.2) is 41.7 Å². The Morgan fingerprint density at radius 3 is 2.43 bits per heavy atom. The summed E-state index contributed by atoms with van der Waals surface area (Å²) in [4.78, 5) is 12.1. The van der Waals surface area contributed by atoms with Crippen molar-refractivity contribution in [3.63, 3.8) is 0 Å². The molecule has 0 bridgehead atoms. The summed E-state index contributed by atoms with van der Waals surface area (Å²) in [5, 5.41) is 1.04. The van der Waals surface area contributed by atoms with Gasteiger partial charge in [-0.15, -0.1) is 11.8 Å². The fraction of sp³-hybridized carbons (Fsp3) is 0.583. The smallest absolute Gasteiger partial charge is 0.147 e. The fourth-order valence-corrected chi connectivity index (χ4v) is 6.16. The first-order valence-corrected chi connectivity index (χ1v) is 12.4. The summed E-state index contributed by atoms with van der Waals surface area (Å²) < 4.78 is 6.58. The van der Waals surface area contributed by atoms with Crippen LogP contribution in [0.25, 0.3) is 0 Å². The van der Waals surface area contributed by atoms with E-state index in [1.54, 1.807) is 0 Å². The van der Waals surface area contributed by atoms with Gasteiger partial charge < -0.3 is 15.4 Å². The van der Waals surface area contributed by atoms with E-state index in [-0.39, 0.29) is 11.6 Å². The van der Waals surface area contributed by atoms with Gasteiger partial charge in [-0.3, -0.25) is 0 Å². The number of aromatic nitrogens is 2. The summed E-state index contributed by atoms with van der Waals surface area (Å²) >= 11 is 1.84. The Morgan fingerprint density at radius 2 is 1.83 bits per heavy atom. The maximum absolute atomic E-state index is 6.78. The third kappa shape index (κ3) is 3.58. The zero-order valence-electron chi connectivity index (χ0n) is 18.0. The number of hydrogen-bond acceptors (Lipinski definition) is 6. The molecule has 1 aromatic heterocycles. The highest BCUT2D eigenvalue weighted by Gasteiger charge is 2.53. The van der Waals surface area contributed by atoms with Crippen LogP contribution >= 0.6 is 11.8 Å². The standard InChI is InChI=1S/C24H32N4OS/c1-3-17-11-24(23(25)19-7-5-6-8-20(19)29-24)12-18(4-2)28(17)21-13-27-22(14-26-21)30-15-16-9-10-16/h5-8,13-14,16-18,23H,3-4,9-12,15,25H2,1-2H3/t17-,18+,23-,24?/m1/s1. The molecule has 5 nitrogen and oxygen atoms in total. The molecule has 1 saturated heterocycles. The molecular formula is C24H32N4OS. The molecule has 2 fully saturated rings. The largest absolute Gasteiger partial charge is 0.485 e. The molecular weight excluding hydrogens is 392 g/mol. The van der Waals surface area contributed by atoms with Crippen molar-refractivity contribution in [2.75, 3.05) is 10.7 Å². The number of hydrogen-bond donors (Lipinski definition) is 1. The maximum Gasteiger partial charge on any atom is 0.147 e. The van der Waals surface area contributed by atoms with Gasteiger partial charge in [0.25, 0.3) is 0 Å². The number of nitrogens with two attached hydrogens (primary N) is 1. The van der Waals surface area contributed by atoms with E-state index in [1.807, 2.05) is 30.2 Å². The van der Waals surface area contributed by atoms with E-state index in [9.17, 15) is 0 Å². The monoisotopic (exact) mass is 424 g/mol. The Morgan fingerprint density at radius 1 is 1.10 bits per heavy atom. The van der Waals surface area contributed by atoms with Crippen molar-refractivity contribution in [2.24, 2.45) is 11.7 Å². The second-order valence-corrected chi connectivity index (χ2v) is 10.1. The molecule has 1 unspecified atom stereocenters. The zero-order valence-corrected chi connectivity index (χ0v) is 18.8. The second kappa shape index (κ2) is 8.04. The highest BCUT2D eigenvalue weighted by Crippen LogP contribution is 2.51. The first-order valence-electron chi connectivity index (χ1n) is 11.4. The van der Waals surface area contributed by atoms with E-state index in [0.717, 1.165) is 53.8 Å². The molecule has 1 saturated carbocycles. The van der Waals surface area contributed by atoms with Crippen molar-refractivity contribution < 1.29 is 4.74 Å². The highest BCUT2D eigenvalue weighted by atomic mass is 32.2. The molecule has 4 atom stereocenters. The number of thioether (sulfide) groups is 1. The van der Waals surface area contributed by atoms with Gasteiger partial charge in [0.2, 0.25) is 0 Å². The number of fused-ring (bicyclic) bond motifs is 1. The molecule has 0 amide bonds. The van der Waals surface area contributed by atoms with Crippen LogP contribution in [-0.4, -0.2) is 33.4 Å². The van der Waals surface area contributed by atoms with E-state index in [0.29, 0.717) is 12.1 Å². The van der Waals surface area contributed by atoms with Crippen LogP contribution in [0.5, 0.6) is 5.75 Å². The van der Waals surface area contributed by atoms with Gasteiger partial charge in [-0.2, -0.15) is 0 Å². The molecule has 3 aliphatic rings. The first-order chi connectivity index (χ1) is 14.6. The normalized spacial score (nSPS) is 30.4. The van der Waals surface area contributed by atoms with E-state index in [2.05, 4.69) is 36.9 Å². The predicted octanol–water partition coefficient (Wildman–Crippen LogP) is 4.97.